The van der Waals surface area contributed by atoms with Crippen molar-refractivity contribution >= 4 is 0 Å². The Labute approximate surface area is 106 Å². The molecule has 0 spiro atoms. The Morgan fingerprint density at radius 3 is 2.44 bits per heavy atom. The van der Waals surface area contributed by atoms with E-state index < -0.39 is 0 Å². The predicted molar refractivity (Wildman–Crippen MR) is 69.7 cm³/mol. The molecule has 0 amide bonds. The van der Waals surface area contributed by atoms with Gasteiger partial charge in [-0.3, -0.25) is 0 Å². The SMILES string of the molecule is C=CC1=C(C=C)[C@H](c2ccc(F)cc2)N(O)CC1. The summed E-state index contributed by atoms with van der Waals surface area (Å²) < 4.78 is 12.9. The van der Waals surface area contributed by atoms with Gasteiger partial charge in [-0.05, 0) is 35.3 Å². The van der Waals surface area contributed by atoms with Crippen LogP contribution in [0.25, 0.3) is 0 Å². The van der Waals surface area contributed by atoms with Crippen LogP contribution in [0.1, 0.15) is 18.0 Å². The number of hydrogen-bond acceptors (Lipinski definition) is 2. The van der Waals surface area contributed by atoms with Gasteiger partial charge in [-0.2, -0.15) is 5.06 Å². The Balaban J connectivity index is 2.47. The number of nitrogens with zero attached hydrogens (tertiary/aromatic N) is 1. The smallest absolute Gasteiger partial charge is 0.123 e. The van der Waals surface area contributed by atoms with Gasteiger partial charge in [0.2, 0.25) is 0 Å². The van der Waals surface area contributed by atoms with E-state index in [4.69, 9.17) is 0 Å². The monoisotopic (exact) mass is 245 g/mol. The van der Waals surface area contributed by atoms with Crippen molar-refractivity contribution in [3.05, 3.63) is 72.1 Å². The summed E-state index contributed by atoms with van der Waals surface area (Å²) in [5, 5.41) is 11.3. The maximum atomic E-state index is 12.9. The zero-order valence-corrected chi connectivity index (χ0v) is 10.1. The predicted octanol–water partition coefficient (Wildman–Crippen LogP) is 3.63. The summed E-state index contributed by atoms with van der Waals surface area (Å²) in [6.45, 7) is 8.11. The molecule has 18 heavy (non-hydrogen) atoms. The van der Waals surface area contributed by atoms with Gasteiger partial charge in [-0.25, -0.2) is 4.39 Å². The van der Waals surface area contributed by atoms with Gasteiger partial charge in [0.25, 0.3) is 0 Å². The van der Waals surface area contributed by atoms with E-state index in [1.807, 2.05) is 0 Å². The second-order valence-electron chi connectivity index (χ2n) is 4.26. The fraction of sp³-hybridized carbons (Fsp3) is 0.200. The van der Waals surface area contributed by atoms with Crippen molar-refractivity contribution in [1.82, 2.24) is 5.06 Å². The number of hydrogen-bond donors (Lipinski definition) is 1. The summed E-state index contributed by atoms with van der Waals surface area (Å²) in [6, 6.07) is 5.85. The lowest BCUT2D eigenvalue weighted by Gasteiger charge is -2.33. The van der Waals surface area contributed by atoms with E-state index in [2.05, 4.69) is 13.2 Å². The molecule has 0 bridgehead atoms. The minimum absolute atomic E-state index is 0.285. The van der Waals surface area contributed by atoms with Gasteiger partial charge in [-0.15, -0.1) is 0 Å². The molecular formula is C15H16FNO. The Kier molecular flexibility index (Phi) is 3.75. The van der Waals surface area contributed by atoms with Crippen LogP contribution in [-0.4, -0.2) is 16.8 Å². The maximum Gasteiger partial charge on any atom is 0.123 e. The van der Waals surface area contributed by atoms with Crippen molar-refractivity contribution < 1.29 is 9.60 Å². The van der Waals surface area contributed by atoms with Crippen LogP contribution < -0.4 is 0 Å². The zero-order chi connectivity index (χ0) is 13.1. The first-order chi connectivity index (χ1) is 8.67. The van der Waals surface area contributed by atoms with Crippen LogP contribution in [-0.2, 0) is 0 Å². The van der Waals surface area contributed by atoms with E-state index in [1.54, 1.807) is 24.3 Å². The molecule has 2 rings (SSSR count). The Bertz CT molecular complexity index is 490. The summed E-state index contributed by atoms with van der Waals surface area (Å²) in [4.78, 5) is 0. The highest BCUT2D eigenvalue weighted by Gasteiger charge is 2.27. The molecular weight excluding hydrogens is 229 g/mol. The molecule has 0 saturated carbocycles. The van der Waals surface area contributed by atoms with Crippen molar-refractivity contribution in [1.29, 1.82) is 0 Å². The van der Waals surface area contributed by atoms with Crippen LogP contribution in [0, 0.1) is 5.82 Å². The average Bonchev–Trinajstić information content (AvgIpc) is 2.39. The quantitative estimate of drug-likeness (QED) is 0.879. The van der Waals surface area contributed by atoms with Crippen molar-refractivity contribution in [3.63, 3.8) is 0 Å². The van der Waals surface area contributed by atoms with Crippen LogP contribution in [0.4, 0.5) is 4.39 Å². The number of allylic oxidation sites excluding steroid dienone is 1. The fourth-order valence-electron chi connectivity index (χ4n) is 2.30. The first-order valence-corrected chi connectivity index (χ1v) is 5.86. The van der Waals surface area contributed by atoms with Crippen LogP contribution >= 0.6 is 0 Å². The highest BCUT2D eigenvalue weighted by molar-refractivity contribution is 5.42. The van der Waals surface area contributed by atoms with E-state index >= 15 is 0 Å². The standard InChI is InChI=1S/C15H16FNO/c1-3-11-9-10-17(18)15(14(11)4-2)12-5-7-13(16)8-6-12/h3-8,15,18H,1-2,9-10H2/t15-/m0/s1. The number of benzene rings is 1. The lowest BCUT2D eigenvalue weighted by molar-refractivity contribution is -0.120. The van der Waals surface area contributed by atoms with E-state index in [-0.39, 0.29) is 11.9 Å². The van der Waals surface area contributed by atoms with Crippen molar-refractivity contribution in [2.24, 2.45) is 0 Å². The Hall–Kier alpha value is -1.71. The third kappa shape index (κ3) is 2.28. The molecule has 94 valence electrons. The molecule has 1 N–H and O–H groups in total. The van der Waals surface area contributed by atoms with Gasteiger partial charge in [0, 0.05) is 6.54 Å². The first-order valence-electron chi connectivity index (χ1n) is 5.86. The van der Waals surface area contributed by atoms with Crippen molar-refractivity contribution in [2.75, 3.05) is 6.54 Å². The van der Waals surface area contributed by atoms with Crippen LogP contribution in [0.2, 0.25) is 0 Å². The minimum atomic E-state index is -0.301. The molecule has 0 radical (unpaired) electrons. The number of rotatable bonds is 3. The van der Waals surface area contributed by atoms with Gasteiger partial charge >= 0.3 is 0 Å². The lowest BCUT2D eigenvalue weighted by atomic mass is 9.89. The highest BCUT2D eigenvalue weighted by atomic mass is 19.1. The van der Waals surface area contributed by atoms with Gasteiger partial charge in [0.05, 0.1) is 6.04 Å². The second kappa shape index (κ2) is 5.29. The van der Waals surface area contributed by atoms with Crippen LogP contribution in [0.3, 0.4) is 0 Å². The number of halogens is 1. The zero-order valence-electron chi connectivity index (χ0n) is 10.1. The summed E-state index contributed by atoms with van der Waals surface area (Å²) in [5.41, 5.74) is 2.84. The summed E-state index contributed by atoms with van der Waals surface area (Å²) in [7, 11) is 0. The third-order valence-corrected chi connectivity index (χ3v) is 3.23. The topological polar surface area (TPSA) is 23.5 Å². The highest BCUT2D eigenvalue weighted by Crippen LogP contribution is 2.35. The molecule has 0 saturated heterocycles. The van der Waals surface area contributed by atoms with Gasteiger partial charge in [-0.1, -0.05) is 37.4 Å². The molecule has 0 fully saturated rings. The molecule has 0 aromatic heterocycles. The summed E-state index contributed by atoms with van der Waals surface area (Å²) >= 11 is 0. The average molecular weight is 245 g/mol. The van der Waals surface area contributed by atoms with E-state index in [9.17, 15) is 9.60 Å². The third-order valence-electron chi connectivity index (χ3n) is 3.23. The summed E-state index contributed by atoms with van der Waals surface area (Å²) in [5.74, 6) is -0.285. The molecule has 1 aliphatic rings. The Morgan fingerprint density at radius 2 is 1.89 bits per heavy atom. The molecule has 1 atom stereocenters. The largest absolute Gasteiger partial charge is 0.313 e. The second-order valence-corrected chi connectivity index (χ2v) is 4.26. The molecule has 3 heteroatoms. The normalized spacial score (nSPS) is 20.9. The minimum Gasteiger partial charge on any atom is -0.313 e. The van der Waals surface area contributed by atoms with Gasteiger partial charge < -0.3 is 5.21 Å². The molecule has 2 nitrogen and oxygen atoms in total. The van der Waals surface area contributed by atoms with Crippen molar-refractivity contribution in [2.45, 2.75) is 12.5 Å². The van der Waals surface area contributed by atoms with Gasteiger partial charge in [0.1, 0.15) is 5.82 Å². The lowest BCUT2D eigenvalue weighted by Crippen LogP contribution is -2.31. The van der Waals surface area contributed by atoms with Gasteiger partial charge in [0.15, 0.2) is 0 Å². The Morgan fingerprint density at radius 1 is 1.22 bits per heavy atom. The molecule has 1 aliphatic heterocycles. The van der Waals surface area contributed by atoms with Crippen molar-refractivity contribution in [3.8, 4) is 0 Å². The molecule has 1 aromatic rings. The number of hydroxylamine groups is 2. The molecule has 1 aromatic carbocycles. The molecule has 1 heterocycles. The van der Waals surface area contributed by atoms with E-state index in [0.29, 0.717) is 6.54 Å². The van der Waals surface area contributed by atoms with E-state index in [0.717, 1.165) is 23.1 Å². The van der Waals surface area contributed by atoms with E-state index in [1.165, 1.54) is 17.2 Å². The van der Waals surface area contributed by atoms with Crippen LogP contribution in [0.5, 0.6) is 0 Å². The maximum absolute atomic E-state index is 12.9. The fourth-order valence-corrected chi connectivity index (χ4v) is 2.30. The van der Waals surface area contributed by atoms with Crippen LogP contribution in [0.15, 0.2) is 60.7 Å². The molecule has 0 unspecified atom stereocenters. The summed E-state index contributed by atoms with van der Waals surface area (Å²) in [6.07, 6.45) is 4.26. The first kappa shape index (κ1) is 12.7. The molecule has 0 aliphatic carbocycles.